The lowest BCUT2D eigenvalue weighted by molar-refractivity contribution is -0.145. The third kappa shape index (κ3) is 3.82. The Morgan fingerprint density at radius 1 is 0.838 bits per heavy atom. The smallest absolute Gasteiger partial charge is 0.265 e. The van der Waals surface area contributed by atoms with Crippen LogP contribution >= 0.6 is 0 Å². The minimum Gasteiger partial charge on any atom is -0.497 e. The first-order valence-corrected chi connectivity index (χ1v) is 12.3. The van der Waals surface area contributed by atoms with E-state index in [9.17, 15) is 9.59 Å². The van der Waals surface area contributed by atoms with Gasteiger partial charge in [-0.3, -0.25) is 9.59 Å². The van der Waals surface area contributed by atoms with E-state index >= 15 is 0 Å². The van der Waals surface area contributed by atoms with Crippen molar-refractivity contribution in [3.63, 3.8) is 0 Å². The molecule has 2 atom stereocenters. The molecule has 2 aliphatic rings. The average Bonchev–Trinajstić information content (AvgIpc) is 3.21. The van der Waals surface area contributed by atoms with E-state index in [0.717, 1.165) is 22.3 Å². The van der Waals surface area contributed by atoms with E-state index in [1.54, 1.807) is 37.1 Å². The van der Waals surface area contributed by atoms with Gasteiger partial charge in [0.05, 0.1) is 13.2 Å². The van der Waals surface area contributed by atoms with Gasteiger partial charge in [0.1, 0.15) is 17.5 Å². The summed E-state index contributed by atoms with van der Waals surface area (Å²) in [5.41, 5.74) is 5.30. The monoisotopic (exact) mass is 490 g/mol. The summed E-state index contributed by atoms with van der Waals surface area (Å²) in [5, 5.41) is 3.03. The van der Waals surface area contributed by atoms with Crippen LogP contribution < -0.4 is 14.8 Å². The molecule has 2 unspecified atom stereocenters. The summed E-state index contributed by atoms with van der Waals surface area (Å²) in [5.74, 6) is 0.472. The Kier molecular flexibility index (Phi) is 5.64. The maximum atomic E-state index is 14.1. The predicted molar refractivity (Wildman–Crippen MR) is 141 cm³/mol. The minimum absolute atomic E-state index is 0.264. The van der Waals surface area contributed by atoms with E-state index in [1.807, 2.05) is 66.7 Å². The molecular weight excluding hydrogens is 464 g/mol. The molecule has 6 nitrogen and oxygen atoms in total. The Labute approximate surface area is 215 Å². The zero-order chi connectivity index (χ0) is 25.5. The second-order valence-electron chi connectivity index (χ2n) is 9.24. The number of methoxy groups -OCH3 is 1. The summed E-state index contributed by atoms with van der Waals surface area (Å²) in [7, 11) is 1.58. The largest absolute Gasteiger partial charge is 0.497 e. The second-order valence-corrected chi connectivity index (χ2v) is 9.24. The third-order valence-corrected chi connectivity index (χ3v) is 7.06. The lowest BCUT2D eigenvalue weighted by atomic mass is 9.96. The highest BCUT2D eigenvalue weighted by molar-refractivity contribution is 6.00. The van der Waals surface area contributed by atoms with Crippen LogP contribution in [0.3, 0.4) is 0 Å². The molecule has 1 aliphatic carbocycles. The lowest BCUT2D eigenvalue weighted by Gasteiger charge is -2.36. The number of rotatable bonds is 4. The molecule has 6 heteroatoms. The van der Waals surface area contributed by atoms with Crippen LogP contribution in [0.5, 0.6) is 11.5 Å². The molecule has 4 aromatic carbocycles. The fourth-order valence-corrected chi connectivity index (χ4v) is 5.41. The maximum Gasteiger partial charge on any atom is 0.265 e. The summed E-state index contributed by atoms with van der Waals surface area (Å²) in [6.07, 6.45) is -0.790. The van der Waals surface area contributed by atoms with Crippen LogP contribution in [-0.2, 0) is 9.59 Å². The second kappa shape index (κ2) is 9.13. The standard InChI is InChI=1S/C31H26N2O4/c1-19-31(35)33(28-24-14-8-6-12-22(24)23-13-7-9-15-25(23)28)29(30(34)32-20-10-4-3-5-11-20)26-18-21(36-2)16-17-27(26)37-19/h3-19,28-29H,1-2H3,(H,32,34). The van der Waals surface area contributed by atoms with Crippen molar-refractivity contribution < 1.29 is 19.1 Å². The minimum atomic E-state index is -0.966. The number of carbonyl (C=O) groups is 2. The summed E-state index contributed by atoms with van der Waals surface area (Å²) in [6, 6.07) is 29.3. The number of fused-ring (bicyclic) bond motifs is 4. The Morgan fingerprint density at radius 2 is 1.46 bits per heavy atom. The molecule has 6 rings (SSSR count). The van der Waals surface area contributed by atoms with E-state index in [4.69, 9.17) is 9.47 Å². The average molecular weight is 491 g/mol. The Hall–Kier alpha value is -4.58. The molecule has 37 heavy (non-hydrogen) atoms. The molecule has 2 amide bonds. The van der Waals surface area contributed by atoms with Crippen LogP contribution in [0.2, 0.25) is 0 Å². The first kappa shape index (κ1) is 22.9. The van der Waals surface area contributed by atoms with Crippen molar-refractivity contribution >= 4 is 17.5 Å². The quantitative estimate of drug-likeness (QED) is 0.395. The van der Waals surface area contributed by atoms with E-state index in [-0.39, 0.29) is 11.8 Å². The van der Waals surface area contributed by atoms with E-state index in [1.165, 1.54) is 0 Å². The highest BCUT2D eigenvalue weighted by atomic mass is 16.5. The van der Waals surface area contributed by atoms with Gasteiger partial charge in [0.25, 0.3) is 11.8 Å². The zero-order valence-electron chi connectivity index (χ0n) is 20.5. The molecular formula is C31H26N2O4. The van der Waals surface area contributed by atoms with Crippen LogP contribution in [0.4, 0.5) is 5.69 Å². The Balaban J connectivity index is 1.57. The van der Waals surface area contributed by atoms with Crippen molar-refractivity contribution in [2.45, 2.75) is 25.1 Å². The number of nitrogens with one attached hydrogen (secondary N) is 1. The third-order valence-electron chi connectivity index (χ3n) is 7.06. The molecule has 4 aromatic rings. The van der Waals surface area contributed by atoms with Gasteiger partial charge >= 0.3 is 0 Å². The number of ether oxygens (including phenoxy) is 2. The SMILES string of the molecule is COc1ccc2c(c1)C(C(=O)Nc1ccccc1)N(C1c3ccccc3-c3ccccc31)C(=O)C(C)O2. The van der Waals surface area contributed by atoms with Crippen molar-refractivity contribution in [1.29, 1.82) is 0 Å². The topological polar surface area (TPSA) is 67.9 Å². The molecule has 1 aliphatic heterocycles. The summed E-state index contributed by atoms with van der Waals surface area (Å²) >= 11 is 0. The molecule has 0 radical (unpaired) electrons. The van der Waals surface area contributed by atoms with Crippen molar-refractivity contribution in [3.05, 3.63) is 114 Å². The molecule has 1 N–H and O–H groups in total. The molecule has 0 fully saturated rings. The normalized spacial score (nSPS) is 18.2. The number of para-hydroxylation sites is 1. The predicted octanol–water partition coefficient (Wildman–Crippen LogP) is 5.75. The van der Waals surface area contributed by atoms with Gasteiger partial charge in [-0.25, -0.2) is 0 Å². The molecule has 1 heterocycles. The van der Waals surface area contributed by atoms with Gasteiger partial charge in [-0.15, -0.1) is 0 Å². The summed E-state index contributed by atoms with van der Waals surface area (Å²) in [6.45, 7) is 1.73. The number of hydrogen-bond donors (Lipinski definition) is 1. The highest BCUT2D eigenvalue weighted by Crippen LogP contribution is 2.50. The number of amides is 2. The van der Waals surface area contributed by atoms with Crippen LogP contribution in [0.25, 0.3) is 11.1 Å². The Morgan fingerprint density at radius 3 is 2.11 bits per heavy atom. The van der Waals surface area contributed by atoms with Crippen molar-refractivity contribution in [2.75, 3.05) is 12.4 Å². The molecule has 0 bridgehead atoms. The van der Waals surface area contributed by atoms with E-state index in [2.05, 4.69) is 17.4 Å². The van der Waals surface area contributed by atoms with E-state index < -0.39 is 18.2 Å². The maximum absolute atomic E-state index is 14.1. The number of carbonyl (C=O) groups excluding carboxylic acids is 2. The van der Waals surface area contributed by atoms with Crippen molar-refractivity contribution in [3.8, 4) is 22.6 Å². The number of benzene rings is 4. The molecule has 0 saturated carbocycles. The number of anilines is 1. The number of hydrogen-bond acceptors (Lipinski definition) is 4. The lowest BCUT2D eigenvalue weighted by Crippen LogP contribution is -2.46. The van der Waals surface area contributed by atoms with Crippen molar-refractivity contribution in [1.82, 2.24) is 4.90 Å². The Bertz CT molecular complexity index is 1450. The van der Waals surface area contributed by atoms with E-state index in [0.29, 0.717) is 22.7 Å². The van der Waals surface area contributed by atoms with Gasteiger partial charge in [-0.05, 0) is 59.5 Å². The molecule has 0 aromatic heterocycles. The van der Waals surface area contributed by atoms with Gasteiger partial charge < -0.3 is 19.7 Å². The molecule has 0 saturated heterocycles. The van der Waals surface area contributed by atoms with Gasteiger partial charge in [0.2, 0.25) is 0 Å². The van der Waals surface area contributed by atoms with Gasteiger partial charge in [-0.2, -0.15) is 0 Å². The zero-order valence-corrected chi connectivity index (χ0v) is 20.5. The van der Waals surface area contributed by atoms with Crippen LogP contribution in [0, 0.1) is 0 Å². The summed E-state index contributed by atoms with van der Waals surface area (Å²) in [4.78, 5) is 29.9. The fourth-order valence-electron chi connectivity index (χ4n) is 5.41. The first-order valence-electron chi connectivity index (χ1n) is 12.3. The van der Waals surface area contributed by atoms with Gasteiger partial charge in [-0.1, -0.05) is 66.7 Å². The number of nitrogens with zero attached hydrogens (tertiary/aromatic N) is 1. The van der Waals surface area contributed by atoms with Gasteiger partial charge in [0, 0.05) is 11.3 Å². The highest BCUT2D eigenvalue weighted by Gasteiger charge is 2.46. The fraction of sp³-hybridized carbons (Fsp3) is 0.161. The van der Waals surface area contributed by atoms with Gasteiger partial charge in [0.15, 0.2) is 6.10 Å². The van der Waals surface area contributed by atoms with Crippen LogP contribution in [0.15, 0.2) is 97.1 Å². The molecule has 0 spiro atoms. The van der Waals surface area contributed by atoms with Crippen LogP contribution in [0.1, 0.15) is 35.7 Å². The first-order chi connectivity index (χ1) is 18.1. The molecule has 184 valence electrons. The summed E-state index contributed by atoms with van der Waals surface area (Å²) < 4.78 is 11.6. The van der Waals surface area contributed by atoms with Crippen LogP contribution in [-0.4, -0.2) is 29.9 Å². The van der Waals surface area contributed by atoms with Crippen molar-refractivity contribution in [2.24, 2.45) is 0 Å².